The molecule has 1 aromatic rings. The van der Waals surface area contributed by atoms with Crippen LogP contribution in [0.2, 0.25) is 0 Å². The summed E-state index contributed by atoms with van der Waals surface area (Å²) < 4.78 is 2.17. The first-order chi connectivity index (χ1) is 8.79. The molecule has 5 nitrogen and oxygen atoms in total. The standard InChI is InChI=1S/C12H19N3O2S/c1-17-14-11-4-2-3-5-12(11)18-15-7-6-13-8-10(16)9-15/h2-5,10,13-14,16H,6-9H2,1H3. The Hall–Kier alpha value is -0.790. The fraction of sp³-hybridized carbons (Fsp3) is 0.500. The number of para-hydroxylation sites is 1. The van der Waals surface area contributed by atoms with Crippen LogP contribution < -0.4 is 10.8 Å². The van der Waals surface area contributed by atoms with Crippen LogP contribution in [0.3, 0.4) is 0 Å². The Labute approximate surface area is 112 Å². The smallest absolute Gasteiger partial charge is 0.0800 e. The summed E-state index contributed by atoms with van der Waals surface area (Å²) in [5.74, 6) is 0. The molecular weight excluding hydrogens is 250 g/mol. The lowest BCUT2D eigenvalue weighted by Crippen LogP contribution is -2.28. The van der Waals surface area contributed by atoms with E-state index in [2.05, 4.69) is 15.1 Å². The lowest BCUT2D eigenvalue weighted by molar-refractivity contribution is 0.162. The van der Waals surface area contributed by atoms with Crippen molar-refractivity contribution in [2.75, 3.05) is 38.8 Å². The second kappa shape index (κ2) is 6.96. The Morgan fingerprint density at radius 3 is 3.17 bits per heavy atom. The van der Waals surface area contributed by atoms with Gasteiger partial charge in [-0.25, -0.2) is 4.31 Å². The molecule has 1 saturated heterocycles. The molecule has 0 spiro atoms. The highest BCUT2D eigenvalue weighted by atomic mass is 32.2. The van der Waals surface area contributed by atoms with Crippen molar-refractivity contribution in [1.29, 1.82) is 0 Å². The van der Waals surface area contributed by atoms with Gasteiger partial charge in [-0.3, -0.25) is 10.3 Å². The fourth-order valence-corrected chi connectivity index (χ4v) is 2.88. The molecule has 0 amide bonds. The lowest BCUT2D eigenvalue weighted by Gasteiger charge is -2.21. The summed E-state index contributed by atoms with van der Waals surface area (Å²) in [5.41, 5.74) is 3.81. The van der Waals surface area contributed by atoms with E-state index >= 15 is 0 Å². The molecule has 1 heterocycles. The van der Waals surface area contributed by atoms with E-state index < -0.39 is 0 Å². The number of aliphatic hydroxyl groups excluding tert-OH is 1. The third-order valence-corrected chi connectivity index (χ3v) is 3.80. The summed E-state index contributed by atoms with van der Waals surface area (Å²) in [7, 11) is 1.60. The van der Waals surface area contributed by atoms with Crippen LogP contribution in [0.15, 0.2) is 29.2 Å². The van der Waals surface area contributed by atoms with Crippen LogP contribution in [0, 0.1) is 0 Å². The molecule has 3 N–H and O–H groups in total. The minimum Gasteiger partial charge on any atom is -0.390 e. The SMILES string of the molecule is CONc1ccccc1SN1CCNCC(O)C1. The van der Waals surface area contributed by atoms with Crippen molar-refractivity contribution >= 4 is 17.6 Å². The topological polar surface area (TPSA) is 56.8 Å². The third-order valence-electron chi connectivity index (χ3n) is 2.66. The number of hydrogen-bond donors (Lipinski definition) is 3. The number of aliphatic hydroxyl groups is 1. The molecule has 1 aliphatic rings. The van der Waals surface area contributed by atoms with Gasteiger partial charge in [0.1, 0.15) is 0 Å². The summed E-state index contributed by atoms with van der Waals surface area (Å²) in [4.78, 5) is 6.05. The normalized spacial score (nSPS) is 21.6. The predicted octanol–water partition coefficient (Wildman–Crippen LogP) is 0.933. The molecule has 0 saturated carbocycles. The molecular formula is C12H19N3O2S. The highest BCUT2D eigenvalue weighted by molar-refractivity contribution is 7.97. The summed E-state index contributed by atoms with van der Waals surface area (Å²) in [6.45, 7) is 3.13. The van der Waals surface area contributed by atoms with Gasteiger partial charge in [-0.1, -0.05) is 12.1 Å². The van der Waals surface area contributed by atoms with Crippen LogP contribution in [0.4, 0.5) is 5.69 Å². The number of benzene rings is 1. The molecule has 1 unspecified atom stereocenters. The first kappa shape index (κ1) is 13.6. The van der Waals surface area contributed by atoms with Crippen LogP contribution in [-0.2, 0) is 4.84 Å². The molecule has 0 bridgehead atoms. The zero-order valence-corrected chi connectivity index (χ0v) is 11.2. The summed E-state index contributed by atoms with van der Waals surface area (Å²) in [6.07, 6.45) is -0.317. The van der Waals surface area contributed by atoms with Crippen molar-refractivity contribution in [2.45, 2.75) is 11.0 Å². The summed E-state index contributed by atoms with van der Waals surface area (Å²) in [6, 6.07) is 7.97. The van der Waals surface area contributed by atoms with Crippen molar-refractivity contribution in [3.8, 4) is 0 Å². The van der Waals surface area contributed by atoms with E-state index in [1.165, 1.54) is 0 Å². The number of hydrogen-bond acceptors (Lipinski definition) is 6. The van der Waals surface area contributed by atoms with Crippen LogP contribution >= 0.6 is 11.9 Å². The molecule has 2 rings (SSSR count). The number of β-amino-alcohol motifs (C(OH)–C–C–N with tert-alkyl or cyclic N) is 1. The molecule has 1 atom stereocenters. The van der Waals surface area contributed by atoms with E-state index in [1.54, 1.807) is 19.1 Å². The summed E-state index contributed by atoms with van der Waals surface area (Å²) >= 11 is 1.64. The maximum Gasteiger partial charge on any atom is 0.0800 e. The Morgan fingerprint density at radius 2 is 2.33 bits per heavy atom. The van der Waals surface area contributed by atoms with Gasteiger partial charge in [-0.2, -0.15) is 0 Å². The molecule has 0 aromatic heterocycles. The Kier molecular flexibility index (Phi) is 5.27. The van der Waals surface area contributed by atoms with Gasteiger partial charge in [0.25, 0.3) is 0 Å². The van der Waals surface area contributed by atoms with E-state index in [4.69, 9.17) is 4.84 Å². The Balaban J connectivity index is 2.03. The fourth-order valence-electron chi connectivity index (χ4n) is 1.83. The molecule has 1 fully saturated rings. The largest absolute Gasteiger partial charge is 0.390 e. The van der Waals surface area contributed by atoms with Crippen molar-refractivity contribution in [3.05, 3.63) is 24.3 Å². The minimum atomic E-state index is -0.317. The highest BCUT2D eigenvalue weighted by Crippen LogP contribution is 2.30. The molecule has 100 valence electrons. The quantitative estimate of drug-likeness (QED) is 0.558. The molecule has 6 heteroatoms. The van der Waals surface area contributed by atoms with Crippen molar-refractivity contribution in [2.24, 2.45) is 0 Å². The molecule has 18 heavy (non-hydrogen) atoms. The molecule has 1 aromatic carbocycles. The van der Waals surface area contributed by atoms with Gasteiger partial charge in [-0.15, -0.1) is 0 Å². The van der Waals surface area contributed by atoms with Crippen molar-refractivity contribution in [3.63, 3.8) is 0 Å². The third kappa shape index (κ3) is 3.86. The minimum absolute atomic E-state index is 0.317. The van der Waals surface area contributed by atoms with E-state index in [-0.39, 0.29) is 6.10 Å². The zero-order valence-electron chi connectivity index (χ0n) is 10.4. The second-order valence-electron chi connectivity index (χ2n) is 4.14. The van der Waals surface area contributed by atoms with E-state index in [0.717, 1.165) is 23.7 Å². The van der Waals surface area contributed by atoms with Gasteiger partial charge in [-0.05, 0) is 24.1 Å². The maximum atomic E-state index is 9.75. The number of nitrogens with one attached hydrogen (secondary N) is 2. The summed E-state index contributed by atoms with van der Waals surface area (Å²) in [5, 5.41) is 13.0. The average Bonchev–Trinajstić information content (AvgIpc) is 2.56. The number of anilines is 1. The van der Waals surface area contributed by atoms with Crippen molar-refractivity contribution in [1.82, 2.24) is 9.62 Å². The van der Waals surface area contributed by atoms with Crippen LogP contribution in [-0.4, -0.2) is 48.8 Å². The van der Waals surface area contributed by atoms with Gasteiger partial charge in [0, 0.05) is 31.1 Å². The van der Waals surface area contributed by atoms with Gasteiger partial charge in [0.15, 0.2) is 0 Å². The van der Waals surface area contributed by atoms with Gasteiger partial charge >= 0.3 is 0 Å². The van der Waals surface area contributed by atoms with E-state index in [1.807, 2.05) is 24.3 Å². The second-order valence-corrected chi connectivity index (χ2v) is 5.28. The zero-order chi connectivity index (χ0) is 12.8. The monoisotopic (exact) mass is 269 g/mol. The maximum absolute atomic E-state index is 9.75. The van der Waals surface area contributed by atoms with Crippen LogP contribution in [0.25, 0.3) is 0 Å². The van der Waals surface area contributed by atoms with Crippen LogP contribution in [0.1, 0.15) is 0 Å². The highest BCUT2D eigenvalue weighted by Gasteiger charge is 2.17. The number of rotatable bonds is 4. The molecule has 0 aliphatic carbocycles. The molecule has 1 aliphatic heterocycles. The average molecular weight is 269 g/mol. The van der Waals surface area contributed by atoms with Gasteiger partial charge < -0.3 is 10.4 Å². The Morgan fingerprint density at radius 1 is 1.50 bits per heavy atom. The van der Waals surface area contributed by atoms with Crippen LogP contribution in [0.5, 0.6) is 0 Å². The predicted molar refractivity (Wildman–Crippen MR) is 73.4 cm³/mol. The van der Waals surface area contributed by atoms with E-state index in [0.29, 0.717) is 13.1 Å². The van der Waals surface area contributed by atoms with E-state index in [9.17, 15) is 5.11 Å². The van der Waals surface area contributed by atoms with Crippen molar-refractivity contribution < 1.29 is 9.94 Å². The van der Waals surface area contributed by atoms with Gasteiger partial charge in [0.05, 0.1) is 18.9 Å². The first-order valence-corrected chi connectivity index (χ1v) is 6.76. The van der Waals surface area contributed by atoms with Gasteiger partial charge in [0.2, 0.25) is 0 Å². The lowest BCUT2D eigenvalue weighted by atomic mass is 10.3. The first-order valence-electron chi connectivity index (χ1n) is 5.99. The Bertz CT molecular complexity index is 378. The number of nitrogens with zero attached hydrogens (tertiary/aromatic N) is 1. The molecule has 0 radical (unpaired) electrons.